The largest absolute Gasteiger partial charge is 0.489 e. The molecule has 0 fully saturated rings. The van der Waals surface area contributed by atoms with Crippen LogP contribution >= 0.6 is 0 Å². The van der Waals surface area contributed by atoms with Gasteiger partial charge in [0.25, 0.3) is 0 Å². The highest BCUT2D eigenvalue weighted by Gasteiger charge is 2.14. The van der Waals surface area contributed by atoms with Crippen LogP contribution in [0.25, 0.3) is 22.4 Å². The number of fused-ring (bicyclic) bond motifs is 1. The summed E-state index contributed by atoms with van der Waals surface area (Å²) in [5.74, 6) is 0.272. The SMILES string of the molecule is O=C(O)c1ccccc1-c1nc2ccc(OCc3ccccc3)cc2[nH]1. The number of ether oxygens (including phenoxy) is 1. The normalized spacial score (nSPS) is 10.8. The number of H-pyrrole nitrogens is 1. The summed E-state index contributed by atoms with van der Waals surface area (Å²) in [4.78, 5) is 19.1. The van der Waals surface area contributed by atoms with Gasteiger partial charge in [-0.15, -0.1) is 0 Å². The zero-order chi connectivity index (χ0) is 17.9. The second kappa shape index (κ2) is 6.72. The van der Waals surface area contributed by atoms with Crippen molar-refractivity contribution in [2.24, 2.45) is 0 Å². The minimum absolute atomic E-state index is 0.215. The second-order valence-corrected chi connectivity index (χ2v) is 5.89. The molecule has 4 aromatic rings. The van der Waals surface area contributed by atoms with E-state index in [1.165, 1.54) is 0 Å². The van der Waals surface area contributed by atoms with Crippen LogP contribution in [0.1, 0.15) is 15.9 Å². The van der Waals surface area contributed by atoms with Crippen molar-refractivity contribution in [3.8, 4) is 17.1 Å². The van der Waals surface area contributed by atoms with Crippen LogP contribution in [0, 0.1) is 0 Å². The number of aromatic carboxylic acids is 1. The molecule has 0 saturated carbocycles. The highest BCUT2D eigenvalue weighted by atomic mass is 16.5. The minimum atomic E-state index is -0.979. The molecule has 5 nitrogen and oxygen atoms in total. The molecule has 3 aromatic carbocycles. The summed E-state index contributed by atoms with van der Waals surface area (Å²) in [5.41, 5.74) is 3.42. The second-order valence-electron chi connectivity index (χ2n) is 5.89. The molecule has 0 amide bonds. The van der Waals surface area contributed by atoms with Gasteiger partial charge in [-0.3, -0.25) is 0 Å². The van der Waals surface area contributed by atoms with Crippen molar-refractivity contribution < 1.29 is 14.6 Å². The lowest BCUT2D eigenvalue weighted by Crippen LogP contribution is -1.99. The lowest BCUT2D eigenvalue weighted by atomic mass is 10.1. The summed E-state index contributed by atoms with van der Waals surface area (Å²) in [6, 6.07) is 22.3. The molecule has 1 heterocycles. The predicted octanol–water partition coefficient (Wildman–Crippen LogP) is 4.51. The third-order valence-corrected chi connectivity index (χ3v) is 4.11. The van der Waals surface area contributed by atoms with Crippen LogP contribution in [0.5, 0.6) is 5.75 Å². The van der Waals surface area contributed by atoms with Crippen molar-refractivity contribution in [3.63, 3.8) is 0 Å². The fourth-order valence-electron chi connectivity index (χ4n) is 2.82. The van der Waals surface area contributed by atoms with Crippen molar-refractivity contribution in [1.29, 1.82) is 0 Å². The number of aromatic nitrogens is 2. The molecule has 1 aromatic heterocycles. The molecule has 0 aliphatic rings. The van der Waals surface area contributed by atoms with Crippen LogP contribution in [-0.2, 0) is 6.61 Å². The molecule has 0 unspecified atom stereocenters. The molecule has 4 rings (SSSR count). The lowest BCUT2D eigenvalue weighted by Gasteiger charge is -2.05. The molecule has 0 aliphatic carbocycles. The Morgan fingerprint density at radius 2 is 1.77 bits per heavy atom. The van der Waals surface area contributed by atoms with Gasteiger partial charge in [0, 0.05) is 11.6 Å². The van der Waals surface area contributed by atoms with Crippen LogP contribution < -0.4 is 4.74 Å². The Kier molecular flexibility index (Phi) is 4.11. The molecule has 5 heteroatoms. The Balaban J connectivity index is 1.63. The zero-order valence-electron chi connectivity index (χ0n) is 13.8. The molecule has 0 bridgehead atoms. The molecule has 0 radical (unpaired) electrons. The van der Waals surface area contributed by atoms with Gasteiger partial charge in [0.1, 0.15) is 18.2 Å². The average Bonchev–Trinajstić information content (AvgIpc) is 3.10. The van der Waals surface area contributed by atoms with E-state index in [1.807, 2.05) is 48.5 Å². The quantitative estimate of drug-likeness (QED) is 0.559. The number of benzene rings is 3. The van der Waals surface area contributed by atoms with Crippen LogP contribution in [0.4, 0.5) is 0 Å². The van der Waals surface area contributed by atoms with Gasteiger partial charge >= 0.3 is 5.97 Å². The van der Waals surface area contributed by atoms with E-state index in [-0.39, 0.29) is 5.56 Å². The number of nitrogens with one attached hydrogen (secondary N) is 1. The third-order valence-electron chi connectivity index (χ3n) is 4.11. The minimum Gasteiger partial charge on any atom is -0.489 e. The highest BCUT2D eigenvalue weighted by Crippen LogP contribution is 2.26. The summed E-state index contributed by atoms with van der Waals surface area (Å²) in [7, 11) is 0. The summed E-state index contributed by atoms with van der Waals surface area (Å²) >= 11 is 0. The fourth-order valence-corrected chi connectivity index (χ4v) is 2.82. The van der Waals surface area contributed by atoms with Gasteiger partial charge in [-0.2, -0.15) is 0 Å². The molecule has 2 N–H and O–H groups in total. The number of carboxylic acid groups (broad SMARTS) is 1. The van der Waals surface area contributed by atoms with Gasteiger partial charge in [-0.05, 0) is 23.8 Å². The lowest BCUT2D eigenvalue weighted by molar-refractivity contribution is 0.0697. The Bertz CT molecular complexity index is 1070. The maximum atomic E-state index is 11.4. The Hall–Kier alpha value is -3.60. The third kappa shape index (κ3) is 3.15. The number of imidazole rings is 1. The first-order valence-electron chi connectivity index (χ1n) is 8.20. The van der Waals surface area contributed by atoms with Crippen LogP contribution in [0.3, 0.4) is 0 Å². The van der Waals surface area contributed by atoms with Gasteiger partial charge in [0.05, 0.1) is 16.6 Å². The van der Waals surface area contributed by atoms with Crippen molar-refractivity contribution in [2.75, 3.05) is 0 Å². The first kappa shape index (κ1) is 15.9. The van der Waals surface area contributed by atoms with Crippen molar-refractivity contribution >= 4 is 17.0 Å². The van der Waals surface area contributed by atoms with E-state index in [0.717, 1.165) is 22.3 Å². The summed E-state index contributed by atoms with van der Waals surface area (Å²) in [5, 5.41) is 9.36. The van der Waals surface area contributed by atoms with Gasteiger partial charge < -0.3 is 14.8 Å². The van der Waals surface area contributed by atoms with E-state index >= 15 is 0 Å². The van der Waals surface area contributed by atoms with Gasteiger partial charge in [0.15, 0.2) is 0 Å². The summed E-state index contributed by atoms with van der Waals surface area (Å²) in [6.07, 6.45) is 0. The first-order chi connectivity index (χ1) is 12.7. The Morgan fingerprint density at radius 1 is 1.00 bits per heavy atom. The number of nitrogens with zero attached hydrogens (tertiary/aromatic N) is 1. The van der Waals surface area contributed by atoms with Gasteiger partial charge in [-0.25, -0.2) is 9.78 Å². The number of carbonyl (C=O) groups is 1. The maximum Gasteiger partial charge on any atom is 0.336 e. The molecule has 0 aliphatic heterocycles. The van der Waals surface area contributed by atoms with E-state index in [4.69, 9.17) is 4.74 Å². The fraction of sp³-hybridized carbons (Fsp3) is 0.0476. The predicted molar refractivity (Wildman–Crippen MR) is 99.3 cm³/mol. The van der Waals surface area contributed by atoms with E-state index in [0.29, 0.717) is 18.0 Å². The summed E-state index contributed by atoms with van der Waals surface area (Å²) < 4.78 is 5.84. The molecule has 0 saturated heterocycles. The Morgan fingerprint density at radius 3 is 2.58 bits per heavy atom. The van der Waals surface area contributed by atoms with E-state index < -0.39 is 5.97 Å². The van der Waals surface area contributed by atoms with E-state index in [9.17, 15) is 9.90 Å². The van der Waals surface area contributed by atoms with Gasteiger partial charge in [-0.1, -0.05) is 48.5 Å². The maximum absolute atomic E-state index is 11.4. The van der Waals surface area contributed by atoms with Gasteiger partial charge in [0.2, 0.25) is 0 Å². The number of hydrogen-bond donors (Lipinski definition) is 2. The number of rotatable bonds is 5. The molecule has 128 valence electrons. The average molecular weight is 344 g/mol. The molecular formula is C21H16N2O3. The molecular weight excluding hydrogens is 328 g/mol. The van der Waals surface area contributed by atoms with Crippen molar-refractivity contribution in [2.45, 2.75) is 6.61 Å². The standard InChI is InChI=1S/C21H16N2O3/c24-21(25)17-9-5-4-8-16(17)20-22-18-11-10-15(12-19(18)23-20)26-13-14-6-2-1-3-7-14/h1-12H,13H2,(H,22,23)(H,24,25). The number of carboxylic acids is 1. The number of aromatic amines is 1. The smallest absolute Gasteiger partial charge is 0.336 e. The van der Waals surface area contributed by atoms with Crippen LogP contribution in [-0.4, -0.2) is 21.0 Å². The monoisotopic (exact) mass is 344 g/mol. The highest BCUT2D eigenvalue weighted by molar-refractivity contribution is 5.96. The summed E-state index contributed by atoms with van der Waals surface area (Å²) in [6.45, 7) is 0.481. The van der Waals surface area contributed by atoms with Crippen molar-refractivity contribution in [1.82, 2.24) is 9.97 Å². The van der Waals surface area contributed by atoms with Crippen LogP contribution in [0.15, 0.2) is 72.8 Å². The van der Waals surface area contributed by atoms with Crippen LogP contribution in [0.2, 0.25) is 0 Å². The topological polar surface area (TPSA) is 75.2 Å². The zero-order valence-corrected chi connectivity index (χ0v) is 13.8. The molecule has 0 atom stereocenters. The van der Waals surface area contributed by atoms with Crippen molar-refractivity contribution in [3.05, 3.63) is 83.9 Å². The first-order valence-corrected chi connectivity index (χ1v) is 8.20. The molecule has 26 heavy (non-hydrogen) atoms. The van der Waals surface area contributed by atoms with E-state index in [1.54, 1.807) is 24.3 Å². The Labute approximate surface area is 149 Å². The molecule has 0 spiro atoms. The van der Waals surface area contributed by atoms with E-state index in [2.05, 4.69) is 9.97 Å². The number of hydrogen-bond acceptors (Lipinski definition) is 3.